The van der Waals surface area contributed by atoms with Crippen LogP contribution >= 0.6 is 0 Å². The third-order valence-electron chi connectivity index (χ3n) is 9.30. The van der Waals surface area contributed by atoms with Crippen molar-refractivity contribution in [2.45, 2.75) is 78.6 Å². The van der Waals surface area contributed by atoms with Crippen molar-refractivity contribution in [1.29, 1.82) is 0 Å². The molecular formula is C21H34N2O2. The van der Waals surface area contributed by atoms with Gasteiger partial charge in [-0.15, -0.1) is 0 Å². The molecule has 4 fully saturated rings. The summed E-state index contributed by atoms with van der Waals surface area (Å²) in [5, 5.41) is 25.7. The highest BCUT2D eigenvalue weighted by Crippen LogP contribution is 2.67. The Morgan fingerprint density at radius 2 is 1.72 bits per heavy atom. The van der Waals surface area contributed by atoms with Gasteiger partial charge < -0.3 is 10.4 Å². The average Bonchev–Trinajstić information content (AvgIpc) is 2.97. The van der Waals surface area contributed by atoms with Crippen molar-refractivity contribution in [3.63, 3.8) is 0 Å². The third kappa shape index (κ3) is 2.39. The van der Waals surface area contributed by atoms with Crippen molar-refractivity contribution in [2.75, 3.05) is 0 Å². The summed E-state index contributed by atoms with van der Waals surface area (Å²) in [5.41, 5.74) is 2.73. The lowest BCUT2D eigenvalue weighted by Gasteiger charge is -2.60. The molecule has 0 aromatic rings. The van der Waals surface area contributed by atoms with Crippen LogP contribution in [-0.4, -0.2) is 21.8 Å². The van der Waals surface area contributed by atoms with E-state index in [-0.39, 0.29) is 0 Å². The first-order valence-electron chi connectivity index (χ1n) is 10.3. The highest BCUT2D eigenvalue weighted by molar-refractivity contribution is 5.85. The van der Waals surface area contributed by atoms with Gasteiger partial charge in [0, 0.05) is 5.92 Å². The fourth-order valence-corrected chi connectivity index (χ4v) is 7.91. The molecule has 0 unspecified atom stereocenters. The summed E-state index contributed by atoms with van der Waals surface area (Å²) in [4.78, 5) is 0. The molecule has 4 nitrogen and oxygen atoms in total. The number of hydrogen-bond acceptors (Lipinski definition) is 4. The fourth-order valence-electron chi connectivity index (χ4n) is 7.91. The molecule has 25 heavy (non-hydrogen) atoms. The molecule has 0 bridgehead atoms. The van der Waals surface area contributed by atoms with E-state index in [9.17, 15) is 10.4 Å². The van der Waals surface area contributed by atoms with Crippen molar-refractivity contribution in [3.05, 3.63) is 0 Å². The highest BCUT2D eigenvalue weighted by Gasteiger charge is 2.60. The minimum Gasteiger partial charge on any atom is -0.411 e. The molecule has 0 amide bonds. The van der Waals surface area contributed by atoms with Crippen molar-refractivity contribution in [3.8, 4) is 0 Å². The Bertz CT molecular complexity index is 601. The third-order valence-corrected chi connectivity index (χ3v) is 9.30. The van der Waals surface area contributed by atoms with Crippen molar-refractivity contribution < 1.29 is 10.4 Å². The van der Waals surface area contributed by atoms with Crippen molar-refractivity contribution >= 4 is 11.4 Å². The molecule has 0 radical (unpaired) electrons. The van der Waals surface area contributed by atoms with Crippen LogP contribution in [0.1, 0.15) is 78.6 Å². The second-order valence-corrected chi connectivity index (χ2v) is 9.94. The van der Waals surface area contributed by atoms with E-state index in [0.717, 1.165) is 42.0 Å². The van der Waals surface area contributed by atoms with E-state index in [2.05, 4.69) is 24.2 Å². The van der Waals surface area contributed by atoms with Crippen LogP contribution < -0.4 is 0 Å². The van der Waals surface area contributed by atoms with E-state index in [4.69, 9.17) is 0 Å². The lowest BCUT2D eigenvalue weighted by Crippen LogP contribution is -2.53. The van der Waals surface area contributed by atoms with E-state index in [1.54, 1.807) is 0 Å². The summed E-state index contributed by atoms with van der Waals surface area (Å²) < 4.78 is 0. The molecule has 4 heteroatoms. The second kappa shape index (κ2) is 5.99. The summed E-state index contributed by atoms with van der Waals surface area (Å²) in [7, 11) is 0. The average molecular weight is 347 g/mol. The zero-order valence-electron chi connectivity index (χ0n) is 16.0. The maximum Gasteiger partial charge on any atom is 0.0576 e. The van der Waals surface area contributed by atoms with E-state index < -0.39 is 0 Å². The Hall–Kier alpha value is -1.06. The predicted octanol–water partition coefficient (Wildman–Crippen LogP) is 5.33. The lowest BCUT2D eigenvalue weighted by atomic mass is 9.44. The molecule has 7 atom stereocenters. The standard InChI is InChI=1S/C21H34N2O2/c1-13(22-24)17-6-7-18-16-5-4-14-12-15(23-25)8-10-20(14,2)19(16)9-11-21(17,18)3/h14,16-19,24-25H,4-12H2,1-3H3/t14-,16+,17-,18+,19+,20+,21-/m1/s1. The van der Waals surface area contributed by atoms with E-state index in [1.807, 2.05) is 6.92 Å². The van der Waals surface area contributed by atoms with Crippen LogP contribution in [0.3, 0.4) is 0 Å². The minimum absolute atomic E-state index is 0.326. The molecule has 0 aliphatic heterocycles. The zero-order chi connectivity index (χ0) is 17.8. The monoisotopic (exact) mass is 346 g/mol. The normalized spacial score (nSPS) is 51.7. The Kier molecular flexibility index (Phi) is 4.16. The van der Waals surface area contributed by atoms with Crippen LogP contribution in [0, 0.1) is 40.4 Å². The summed E-state index contributed by atoms with van der Waals surface area (Å²) in [6.07, 6.45) is 10.9. The first kappa shape index (κ1) is 17.4. The van der Waals surface area contributed by atoms with Gasteiger partial charge in [-0.3, -0.25) is 0 Å². The van der Waals surface area contributed by atoms with Gasteiger partial charge in [-0.2, -0.15) is 0 Å². The molecule has 4 aliphatic rings. The van der Waals surface area contributed by atoms with E-state index >= 15 is 0 Å². The maximum atomic E-state index is 9.33. The van der Waals surface area contributed by atoms with Crippen LogP contribution in [-0.2, 0) is 0 Å². The van der Waals surface area contributed by atoms with Crippen molar-refractivity contribution in [2.24, 2.45) is 50.7 Å². The molecule has 0 aromatic carbocycles. The highest BCUT2D eigenvalue weighted by atomic mass is 16.4. The Labute approximate surface area is 151 Å². The molecule has 4 saturated carbocycles. The summed E-state index contributed by atoms with van der Waals surface area (Å²) in [5.74, 6) is 3.63. The fraction of sp³-hybridized carbons (Fsp3) is 0.905. The van der Waals surface area contributed by atoms with Gasteiger partial charge >= 0.3 is 0 Å². The molecule has 4 rings (SSSR count). The largest absolute Gasteiger partial charge is 0.411 e. The number of nitrogens with zero attached hydrogens (tertiary/aromatic N) is 2. The number of rotatable bonds is 1. The van der Waals surface area contributed by atoms with Crippen LogP contribution in [0.4, 0.5) is 0 Å². The van der Waals surface area contributed by atoms with Crippen molar-refractivity contribution in [1.82, 2.24) is 0 Å². The smallest absolute Gasteiger partial charge is 0.0576 e. The Balaban J connectivity index is 1.60. The van der Waals surface area contributed by atoms with Gasteiger partial charge in [0.25, 0.3) is 0 Å². The van der Waals surface area contributed by atoms with Gasteiger partial charge in [0.1, 0.15) is 0 Å². The van der Waals surface area contributed by atoms with Gasteiger partial charge in [0.2, 0.25) is 0 Å². The maximum absolute atomic E-state index is 9.33. The quantitative estimate of drug-likeness (QED) is 0.383. The first-order valence-corrected chi connectivity index (χ1v) is 10.3. The second-order valence-electron chi connectivity index (χ2n) is 9.94. The number of oxime groups is 2. The molecule has 4 aliphatic carbocycles. The molecular weight excluding hydrogens is 312 g/mol. The van der Waals surface area contributed by atoms with E-state index in [1.165, 1.54) is 44.9 Å². The van der Waals surface area contributed by atoms with Gasteiger partial charge in [-0.05, 0) is 99.2 Å². The first-order chi connectivity index (χ1) is 11.9. The zero-order valence-corrected chi connectivity index (χ0v) is 16.0. The van der Waals surface area contributed by atoms with Crippen LogP contribution in [0.25, 0.3) is 0 Å². The summed E-state index contributed by atoms with van der Waals surface area (Å²) >= 11 is 0. The predicted molar refractivity (Wildman–Crippen MR) is 99.3 cm³/mol. The molecule has 2 N–H and O–H groups in total. The summed E-state index contributed by atoms with van der Waals surface area (Å²) in [6, 6.07) is 0. The van der Waals surface area contributed by atoms with E-state index in [0.29, 0.717) is 22.7 Å². The van der Waals surface area contributed by atoms with Gasteiger partial charge in [-0.1, -0.05) is 24.2 Å². The minimum atomic E-state index is 0.326. The molecule has 0 spiro atoms. The van der Waals surface area contributed by atoms with Gasteiger partial charge in [0.15, 0.2) is 0 Å². The molecule has 140 valence electrons. The number of fused-ring (bicyclic) bond motifs is 5. The molecule has 0 aromatic heterocycles. The molecule has 0 saturated heterocycles. The number of hydrogen-bond donors (Lipinski definition) is 2. The lowest BCUT2D eigenvalue weighted by molar-refractivity contribution is -0.0962. The van der Waals surface area contributed by atoms with Crippen LogP contribution in [0.2, 0.25) is 0 Å². The topological polar surface area (TPSA) is 65.2 Å². The van der Waals surface area contributed by atoms with Gasteiger partial charge in [-0.25, -0.2) is 0 Å². The Morgan fingerprint density at radius 1 is 0.960 bits per heavy atom. The van der Waals surface area contributed by atoms with Crippen LogP contribution in [0.15, 0.2) is 10.3 Å². The van der Waals surface area contributed by atoms with Crippen LogP contribution in [0.5, 0.6) is 0 Å². The SMILES string of the molecule is CC(=NO)[C@H]1CC[C@H]2[C@@H]3CC[C@@H]4CC(=NO)CC[C@]4(C)[C@H]3CC[C@]12C. The van der Waals surface area contributed by atoms with Gasteiger partial charge in [0.05, 0.1) is 11.4 Å². The Morgan fingerprint density at radius 3 is 2.44 bits per heavy atom. The summed E-state index contributed by atoms with van der Waals surface area (Å²) in [6.45, 7) is 7.03. The molecule has 0 heterocycles.